The van der Waals surface area contributed by atoms with Crippen LogP contribution in [0.4, 0.5) is 13.2 Å². The van der Waals surface area contributed by atoms with Crippen molar-refractivity contribution in [3.8, 4) is 5.75 Å². The van der Waals surface area contributed by atoms with Gasteiger partial charge in [-0.05, 0) is 49.8 Å². The highest BCUT2D eigenvalue weighted by Gasteiger charge is 2.45. The second kappa shape index (κ2) is 11.1. The molecule has 0 aliphatic carbocycles. The van der Waals surface area contributed by atoms with E-state index in [1.165, 1.54) is 49.4 Å². The first-order chi connectivity index (χ1) is 18.0. The number of fused-ring (bicyclic) bond motifs is 1. The van der Waals surface area contributed by atoms with Crippen LogP contribution in [0.15, 0.2) is 57.5 Å². The fraction of sp³-hybridized carbons (Fsp3) is 0.240. The van der Waals surface area contributed by atoms with Crippen molar-refractivity contribution in [1.82, 2.24) is 4.57 Å². The van der Waals surface area contributed by atoms with Gasteiger partial charge in [0, 0.05) is 15.6 Å². The Morgan fingerprint density at radius 2 is 1.79 bits per heavy atom. The molecule has 0 saturated heterocycles. The fourth-order valence-electron chi connectivity index (χ4n) is 3.93. The molecular formula is C25H18Cl3F3N2O4S. The number of hydrogen-bond acceptors (Lipinski definition) is 6. The second-order valence-corrected chi connectivity index (χ2v) is 10.1. The molecule has 4 rings (SSSR count). The molecule has 1 aromatic heterocycles. The lowest BCUT2D eigenvalue weighted by Crippen LogP contribution is -2.41. The third-order valence-electron chi connectivity index (χ3n) is 5.39. The van der Waals surface area contributed by atoms with Crippen LogP contribution in [0.2, 0.25) is 15.1 Å². The zero-order valence-electron chi connectivity index (χ0n) is 19.7. The number of halogens is 6. The van der Waals surface area contributed by atoms with Crippen LogP contribution < -0.4 is 19.6 Å². The second-order valence-electron chi connectivity index (χ2n) is 7.85. The molecule has 0 N–H and O–H groups in total. The van der Waals surface area contributed by atoms with Crippen molar-refractivity contribution < 1.29 is 27.4 Å². The Morgan fingerprint density at radius 1 is 1.11 bits per heavy atom. The predicted molar refractivity (Wildman–Crippen MR) is 140 cm³/mol. The van der Waals surface area contributed by atoms with Gasteiger partial charge in [0.15, 0.2) is 10.5 Å². The average molecular weight is 606 g/mol. The highest BCUT2D eigenvalue weighted by molar-refractivity contribution is 7.07. The van der Waals surface area contributed by atoms with E-state index in [1.54, 1.807) is 6.92 Å². The van der Waals surface area contributed by atoms with Gasteiger partial charge in [-0.25, -0.2) is 9.79 Å². The van der Waals surface area contributed by atoms with E-state index in [9.17, 15) is 22.8 Å². The number of alkyl halides is 3. The molecule has 2 aromatic carbocycles. The molecule has 6 nitrogen and oxygen atoms in total. The Balaban J connectivity index is 2.06. The van der Waals surface area contributed by atoms with Gasteiger partial charge in [-0.3, -0.25) is 9.36 Å². The van der Waals surface area contributed by atoms with Crippen LogP contribution in [0.1, 0.15) is 31.0 Å². The normalized spacial score (nSPS) is 15.8. The zero-order chi connectivity index (χ0) is 27.8. The SMILES string of the molecule is CCOC(=O)C1=C(C(F)(F)F)N=c2s/c(=C\c3cc(Cl)cc(Cl)c3OCC)c(=O)n2[C@@H]1c1ccc(Cl)cc1. The monoisotopic (exact) mass is 604 g/mol. The average Bonchev–Trinajstić information content (AvgIpc) is 3.15. The first kappa shape index (κ1) is 28.2. The standard InChI is InChI=1S/C25H18Cl3F3N2O4S/c1-3-36-20-13(9-15(27)11-16(20)28)10-17-22(34)33-19(12-5-7-14(26)8-6-12)18(23(35)37-4-2)21(25(29,30)31)32-24(33)38-17/h5-11,19H,3-4H2,1-2H3/b17-10-/t19-/m1/s1. The maximum atomic E-state index is 14.2. The molecule has 0 saturated carbocycles. The molecule has 0 unspecified atom stereocenters. The minimum atomic E-state index is -5.01. The van der Waals surface area contributed by atoms with Crippen LogP contribution >= 0.6 is 46.1 Å². The van der Waals surface area contributed by atoms with E-state index in [-0.39, 0.29) is 43.9 Å². The first-order valence-electron chi connectivity index (χ1n) is 11.1. The van der Waals surface area contributed by atoms with Crippen LogP contribution in [0.25, 0.3) is 6.08 Å². The summed E-state index contributed by atoms with van der Waals surface area (Å²) in [6, 6.07) is 7.28. The Labute approximate surface area is 233 Å². The van der Waals surface area contributed by atoms with Crippen LogP contribution in [-0.4, -0.2) is 29.9 Å². The highest BCUT2D eigenvalue weighted by atomic mass is 35.5. The first-order valence-corrected chi connectivity index (χ1v) is 13.1. The number of carbonyl (C=O) groups is 1. The van der Waals surface area contributed by atoms with Gasteiger partial charge in [-0.15, -0.1) is 0 Å². The van der Waals surface area contributed by atoms with E-state index < -0.39 is 35.0 Å². The lowest BCUT2D eigenvalue weighted by Gasteiger charge is -2.26. The Kier molecular flexibility index (Phi) is 8.27. The molecule has 0 spiro atoms. The number of rotatable bonds is 6. The molecule has 0 amide bonds. The highest BCUT2D eigenvalue weighted by Crippen LogP contribution is 2.38. The lowest BCUT2D eigenvalue weighted by atomic mass is 9.95. The van der Waals surface area contributed by atoms with Gasteiger partial charge in [-0.2, -0.15) is 13.2 Å². The smallest absolute Gasteiger partial charge is 0.434 e. The predicted octanol–water partition coefficient (Wildman–Crippen LogP) is 5.70. The van der Waals surface area contributed by atoms with Crippen molar-refractivity contribution in [2.75, 3.05) is 13.2 Å². The maximum Gasteiger partial charge on any atom is 0.434 e. The Morgan fingerprint density at radius 3 is 2.39 bits per heavy atom. The molecule has 1 aliphatic rings. The van der Waals surface area contributed by atoms with Gasteiger partial charge in [-0.1, -0.05) is 58.3 Å². The van der Waals surface area contributed by atoms with Gasteiger partial charge in [0.25, 0.3) is 5.56 Å². The summed E-state index contributed by atoms with van der Waals surface area (Å²) >= 11 is 19.1. The number of esters is 1. The van der Waals surface area contributed by atoms with E-state index in [0.29, 0.717) is 10.6 Å². The summed E-state index contributed by atoms with van der Waals surface area (Å²) in [5, 5.41) is 0.780. The number of thiazole rings is 1. The van der Waals surface area contributed by atoms with Gasteiger partial charge in [0.05, 0.1) is 34.4 Å². The van der Waals surface area contributed by atoms with E-state index in [4.69, 9.17) is 44.3 Å². The van der Waals surface area contributed by atoms with E-state index in [0.717, 1.165) is 15.9 Å². The number of hydrogen-bond donors (Lipinski definition) is 0. The molecule has 200 valence electrons. The largest absolute Gasteiger partial charge is 0.492 e. The summed E-state index contributed by atoms with van der Waals surface area (Å²) in [6.07, 6.45) is -3.60. The topological polar surface area (TPSA) is 69.9 Å². The van der Waals surface area contributed by atoms with Gasteiger partial charge in [0.1, 0.15) is 5.75 Å². The summed E-state index contributed by atoms with van der Waals surface area (Å²) < 4.78 is 54.2. The Hall–Kier alpha value is -2.79. The summed E-state index contributed by atoms with van der Waals surface area (Å²) in [5.74, 6) is -0.986. The zero-order valence-corrected chi connectivity index (χ0v) is 22.8. The third-order valence-corrected chi connectivity index (χ3v) is 7.13. The van der Waals surface area contributed by atoms with E-state index in [2.05, 4.69) is 4.99 Å². The maximum absolute atomic E-state index is 14.2. The van der Waals surface area contributed by atoms with Gasteiger partial charge >= 0.3 is 12.1 Å². The summed E-state index contributed by atoms with van der Waals surface area (Å²) in [4.78, 5) is 30.0. The van der Waals surface area contributed by atoms with E-state index >= 15 is 0 Å². The molecule has 0 bridgehead atoms. The molecule has 13 heteroatoms. The number of ether oxygens (including phenoxy) is 2. The molecule has 0 radical (unpaired) electrons. The van der Waals surface area contributed by atoms with Crippen LogP contribution in [0.5, 0.6) is 5.75 Å². The fourth-order valence-corrected chi connectivity index (χ4v) is 5.61. The quantitative estimate of drug-likeness (QED) is 0.338. The molecule has 38 heavy (non-hydrogen) atoms. The summed E-state index contributed by atoms with van der Waals surface area (Å²) in [6.45, 7) is 3.29. The van der Waals surface area contributed by atoms with Crippen LogP contribution in [-0.2, 0) is 9.53 Å². The van der Waals surface area contributed by atoms with Gasteiger partial charge < -0.3 is 9.47 Å². The van der Waals surface area contributed by atoms with Crippen molar-refractivity contribution in [2.45, 2.75) is 26.1 Å². The molecule has 1 aliphatic heterocycles. The minimum Gasteiger partial charge on any atom is -0.492 e. The number of benzene rings is 2. The molecule has 3 aromatic rings. The van der Waals surface area contributed by atoms with Crippen LogP contribution in [0, 0.1) is 0 Å². The van der Waals surface area contributed by atoms with Crippen molar-refractivity contribution in [1.29, 1.82) is 0 Å². The van der Waals surface area contributed by atoms with Crippen LogP contribution in [0.3, 0.4) is 0 Å². The number of allylic oxidation sites excluding steroid dienone is 1. The summed E-state index contributed by atoms with van der Waals surface area (Å²) in [7, 11) is 0. The summed E-state index contributed by atoms with van der Waals surface area (Å²) in [5.41, 5.74) is -2.37. The van der Waals surface area contributed by atoms with Crippen molar-refractivity contribution in [3.05, 3.63) is 93.6 Å². The third kappa shape index (κ3) is 5.49. The minimum absolute atomic E-state index is 0.0219. The van der Waals surface area contributed by atoms with Gasteiger partial charge in [0.2, 0.25) is 0 Å². The number of nitrogens with zero attached hydrogens (tertiary/aromatic N) is 2. The number of aromatic nitrogens is 1. The Bertz CT molecular complexity index is 1610. The lowest BCUT2D eigenvalue weighted by molar-refractivity contribution is -0.140. The van der Waals surface area contributed by atoms with Crippen molar-refractivity contribution in [2.24, 2.45) is 4.99 Å². The van der Waals surface area contributed by atoms with Crippen molar-refractivity contribution in [3.63, 3.8) is 0 Å². The van der Waals surface area contributed by atoms with Crippen molar-refractivity contribution >= 4 is 58.2 Å². The molecule has 1 atom stereocenters. The molecule has 2 heterocycles. The molecular weight excluding hydrogens is 588 g/mol. The van der Waals surface area contributed by atoms with E-state index in [1.807, 2.05) is 0 Å². The molecule has 0 fully saturated rings. The number of carbonyl (C=O) groups excluding carboxylic acids is 1.